The molecule has 1 aromatic rings. The Morgan fingerprint density at radius 2 is 2.00 bits per heavy atom. The third-order valence-corrected chi connectivity index (χ3v) is 1.51. The Kier molecular flexibility index (Phi) is 2.12. The predicted molar refractivity (Wildman–Crippen MR) is 37.7 cm³/mol. The largest absolute Gasteiger partial charge is 0.435 e. The number of alkyl halides is 3. The first-order valence-electron chi connectivity index (χ1n) is 3.53. The summed E-state index contributed by atoms with van der Waals surface area (Å²) >= 11 is 0. The number of halogens is 3. The fourth-order valence-electron chi connectivity index (χ4n) is 0.970. The van der Waals surface area contributed by atoms with E-state index in [2.05, 4.69) is 9.97 Å². The van der Waals surface area contributed by atoms with Gasteiger partial charge in [-0.3, -0.25) is 0 Å². The maximum atomic E-state index is 12.2. The predicted octanol–water partition coefficient (Wildman–Crippen LogP) is 2.55. The van der Waals surface area contributed by atoms with E-state index in [-0.39, 0.29) is 11.6 Å². The van der Waals surface area contributed by atoms with Crippen LogP contribution in [-0.2, 0) is 6.18 Å². The van der Waals surface area contributed by atoms with Crippen molar-refractivity contribution in [3.05, 3.63) is 17.7 Å². The van der Waals surface area contributed by atoms with Crippen molar-refractivity contribution in [1.82, 2.24) is 9.97 Å². The molecule has 0 bridgehead atoms. The van der Waals surface area contributed by atoms with Crippen LogP contribution in [0.2, 0.25) is 0 Å². The van der Waals surface area contributed by atoms with E-state index in [1.165, 1.54) is 0 Å². The van der Waals surface area contributed by atoms with Crippen LogP contribution in [0.4, 0.5) is 13.2 Å². The van der Waals surface area contributed by atoms with Crippen molar-refractivity contribution < 1.29 is 13.2 Å². The minimum Gasteiger partial charge on any atom is -0.348 e. The van der Waals surface area contributed by atoms with Gasteiger partial charge in [0.15, 0.2) is 5.69 Å². The highest BCUT2D eigenvalue weighted by Crippen LogP contribution is 2.32. The molecule has 0 aliphatic carbocycles. The fourth-order valence-corrected chi connectivity index (χ4v) is 0.970. The molecule has 0 aromatic carbocycles. The molecule has 1 heterocycles. The van der Waals surface area contributed by atoms with Gasteiger partial charge in [-0.2, -0.15) is 13.2 Å². The molecule has 0 unspecified atom stereocenters. The fraction of sp³-hybridized carbons (Fsp3) is 0.571. The van der Waals surface area contributed by atoms with Crippen LogP contribution in [0.25, 0.3) is 0 Å². The molecule has 0 saturated carbocycles. The summed E-state index contributed by atoms with van der Waals surface area (Å²) in [5.41, 5.74) is -0.667. The summed E-state index contributed by atoms with van der Waals surface area (Å²) in [7, 11) is 0. The lowest BCUT2D eigenvalue weighted by molar-refractivity contribution is -0.141. The summed E-state index contributed by atoms with van der Waals surface area (Å²) in [5, 5.41) is 0. The van der Waals surface area contributed by atoms with Crippen LogP contribution in [0, 0.1) is 0 Å². The molecule has 0 fully saturated rings. The van der Waals surface area contributed by atoms with Gasteiger partial charge in [-0.25, -0.2) is 4.98 Å². The van der Waals surface area contributed by atoms with E-state index >= 15 is 0 Å². The zero-order valence-corrected chi connectivity index (χ0v) is 6.74. The van der Waals surface area contributed by atoms with Crippen molar-refractivity contribution in [1.29, 1.82) is 0 Å². The lowest BCUT2D eigenvalue weighted by atomic mass is 10.1. The zero-order valence-electron chi connectivity index (χ0n) is 6.74. The van der Waals surface area contributed by atoms with Crippen molar-refractivity contribution in [3.63, 3.8) is 0 Å². The Hall–Kier alpha value is -1.00. The number of imidazole rings is 1. The first-order chi connectivity index (χ1) is 5.43. The van der Waals surface area contributed by atoms with E-state index < -0.39 is 11.9 Å². The minimum absolute atomic E-state index is 0.141. The van der Waals surface area contributed by atoms with Gasteiger partial charge in [-0.1, -0.05) is 13.8 Å². The third-order valence-electron chi connectivity index (χ3n) is 1.51. The molecule has 1 N–H and O–H groups in total. The van der Waals surface area contributed by atoms with E-state index in [1.54, 1.807) is 13.8 Å². The maximum absolute atomic E-state index is 12.2. The second-order valence-corrected chi connectivity index (χ2v) is 2.82. The van der Waals surface area contributed by atoms with E-state index in [0.717, 1.165) is 6.33 Å². The average Bonchev–Trinajstić information content (AvgIpc) is 2.30. The number of hydrogen-bond donors (Lipinski definition) is 1. The summed E-state index contributed by atoms with van der Waals surface area (Å²) in [4.78, 5) is 5.71. The average molecular weight is 178 g/mol. The maximum Gasteiger partial charge on any atom is 0.435 e. The van der Waals surface area contributed by atoms with E-state index in [9.17, 15) is 13.2 Å². The monoisotopic (exact) mass is 178 g/mol. The molecule has 1 aromatic heterocycles. The zero-order chi connectivity index (χ0) is 9.35. The molecule has 2 nitrogen and oxygen atoms in total. The van der Waals surface area contributed by atoms with Crippen molar-refractivity contribution in [2.75, 3.05) is 0 Å². The lowest BCUT2D eigenvalue weighted by Gasteiger charge is -2.07. The van der Waals surface area contributed by atoms with Gasteiger partial charge in [0.25, 0.3) is 0 Å². The molecule has 0 radical (unpaired) electrons. The normalized spacial score (nSPS) is 12.5. The van der Waals surface area contributed by atoms with Crippen molar-refractivity contribution in [2.24, 2.45) is 0 Å². The van der Waals surface area contributed by atoms with Crippen LogP contribution >= 0.6 is 0 Å². The second-order valence-electron chi connectivity index (χ2n) is 2.82. The molecule has 0 amide bonds. The summed E-state index contributed by atoms with van der Waals surface area (Å²) < 4.78 is 36.5. The number of nitrogens with one attached hydrogen (secondary N) is 1. The topological polar surface area (TPSA) is 28.7 Å². The smallest absolute Gasteiger partial charge is 0.348 e. The van der Waals surface area contributed by atoms with Gasteiger partial charge in [0.2, 0.25) is 0 Å². The summed E-state index contributed by atoms with van der Waals surface area (Å²) in [6.07, 6.45) is -3.28. The second kappa shape index (κ2) is 2.80. The number of rotatable bonds is 1. The van der Waals surface area contributed by atoms with Gasteiger partial charge in [0, 0.05) is 5.69 Å². The minimum atomic E-state index is -4.35. The molecular weight excluding hydrogens is 169 g/mol. The number of aromatic amines is 1. The number of nitrogens with zero attached hydrogens (tertiary/aromatic N) is 1. The molecular formula is C7H9F3N2. The van der Waals surface area contributed by atoms with Crippen LogP contribution in [-0.4, -0.2) is 9.97 Å². The Balaban J connectivity index is 3.08. The first kappa shape index (κ1) is 9.09. The van der Waals surface area contributed by atoms with Gasteiger partial charge in [0.05, 0.1) is 6.33 Å². The molecule has 68 valence electrons. The van der Waals surface area contributed by atoms with Gasteiger partial charge in [0.1, 0.15) is 0 Å². The molecule has 12 heavy (non-hydrogen) atoms. The highest BCUT2D eigenvalue weighted by molar-refractivity contribution is 5.17. The Bertz CT molecular complexity index is 262. The molecule has 1 rings (SSSR count). The molecule has 0 aliphatic rings. The number of hydrogen-bond acceptors (Lipinski definition) is 1. The molecule has 5 heteroatoms. The number of aromatic nitrogens is 2. The van der Waals surface area contributed by atoms with Gasteiger partial charge in [-0.15, -0.1) is 0 Å². The van der Waals surface area contributed by atoms with Crippen LogP contribution in [0.5, 0.6) is 0 Å². The SMILES string of the molecule is CC(C)c1[nH]cnc1C(F)(F)F. The summed E-state index contributed by atoms with van der Waals surface area (Å²) in [6.45, 7) is 3.37. The first-order valence-corrected chi connectivity index (χ1v) is 3.53. The quantitative estimate of drug-likeness (QED) is 0.703. The highest BCUT2D eigenvalue weighted by atomic mass is 19.4. The third kappa shape index (κ3) is 1.60. The lowest BCUT2D eigenvalue weighted by Crippen LogP contribution is -2.09. The van der Waals surface area contributed by atoms with Crippen molar-refractivity contribution in [2.45, 2.75) is 25.9 Å². The van der Waals surface area contributed by atoms with E-state index in [0.29, 0.717) is 0 Å². The summed E-state index contributed by atoms with van der Waals surface area (Å²) in [6, 6.07) is 0. The Morgan fingerprint density at radius 1 is 1.42 bits per heavy atom. The Labute approximate surface area is 67.8 Å². The highest BCUT2D eigenvalue weighted by Gasteiger charge is 2.36. The molecule has 0 saturated heterocycles. The van der Waals surface area contributed by atoms with Crippen molar-refractivity contribution in [3.8, 4) is 0 Å². The van der Waals surface area contributed by atoms with Gasteiger partial charge in [-0.05, 0) is 5.92 Å². The van der Waals surface area contributed by atoms with Crippen molar-refractivity contribution >= 4 is 0 Å². The summed E-state index contributed by atoms with van der Waals surface area (Å²) in [5.74, 6) is -0.191. The van der Waals surface area contributed by atoms with Crippen LogP contribution in [0.15, 0.2) is 6.33 Å². The standard InChI is InChI=1S/C7H9F3N2/c1-4(2)5-6(7(8,9)10)12-3-11-5/h3-4H,1-2H3,(H,11,12). The molecule has 0 aliphatic heterocycles. The molecule has 0 atom stereocenters. The van der Waals surface area contributed by atoms with E-state index in [1.807, 2.05) is 0 Å². The van der Waals surface area contributed by atoms with Crippen LogP contribution < -0.4 is 0 Å². The van der Waals surface area contributed by atoms with E-state index in [4.69, 9.17) is 0 Å². The Morgan fingerprint density at radius 3 is 2.33 bits per heavy atom. The van der Waals surface area contributed by atoms with Gasteiger partial charge >= 0.3 is 6.18 Å². The van der Waals surface area contributed by atoms with Gasteiger partial charge < -0.3 is 4.98 Å². The number of H-pyrrole nitrogens is 1. The van der Waals surface area contributed by atoms with Crippen LogP contribution in [0.1, 0.15) is 31.2 Å². The van der Waals surface area contributed by atoms with Crippen LogP contribution in [0.3, 0.4) is 0 Å². The molecule has 0 spiro atoms.